The molecule has 1 N–H and O–H groups in total. The Labute approximate surface area is 113 Å². The first-order valence-corrected chi connectivity index (χ1v) is 6.34. The number of aryl methyl sites for hydroxylation is 1. The molecule has 0 aliphatic carbocycles. The zero-order chi connectivity index (χ0) is 13.7. The zero-order valence-electron chi connectivity index (χ0n) is 11.6. The minimum absolute atomic E-state index is 0.260. The molecule has 2 heterocycles. The van der Waals surface area contributed by atoms with Gasteiger partial charge in [0.25, 0.3) is 0 Å². The van der Waals surface area contributed by atoms with Gasteiger partial charge in [0.2, 0.25) is 0 Å². The number of methoxy groups -OCH3 is 1. The molecule has 0 amide bonds. The number of pyridine rings is 2. The van der Waals surface area contributed by atoms with E-state index >= 15 is 0 Å². The molecule has 4 heteroatoms. The van der Waals surface area contributed by atoms with E-state index in [1.807, 2.05) is 43.6 Å². The molecule has 2 aromatic heterocycles. The van der Waals surface area contributed by atoms with Crippen LogP contribution in [0.15, 0.2) is 36.7 Å². The summed E-state index contributed by atoms with van der Waals surface area (Å²) in [7, 11) is 1.67. The topological polar surface area (TPSA) is 47.0 Å². The summed E-state index contributed by atoms with van der Waals surface area (Å²) >= 11 is 0. The second-order valence-corrected chi connectivity index (χ2v) is 4.52. The van der Waals surface area contributed by atoms with Crippen molar-refractivity contribution in [2.75, 3.05) is 7.11 Å². The Bertz CT molecular complexity index is 528. The first kappa shape index (κ1) is 13.5. The summed E-state index contributed by atoms with van der Waals surface area (Å²) < 4.78 is 5.25. The molecule has 19 heavy (non-hydrogen) atoms. The smallest absolute Gasteiger partial charge is 0.122 e. The summed E-state index contributed by atoms with van der Waals surface area (Å²) in [5.74, 6) is 0.848. The van der Waals surface area contributed by atoms with Crippen LogP contribution in [0.3, 0.4) is 0 Å². The summed E-state index contributed by atoms with van der Waals surface area (Å²) in [5, 5.41) is 3.45. The highest BCUT2D eigenvalue weighted by Gasteiger charge is 2.06. The van der Waals surface area contributed by atoms with Gasteiger partial charge in [-0.15, -0.1) is 0 Å². The molecular formula is C15H19N3O. The van der Waals surface area contributed by atoms with Gasteiger partial charge in [0.15, 0.2) is 0 Å². The monoisotopic (exact) mass is 257 g/mol. The third-order valence-electron chi connectivity index (χ3n) is 3.01. The Kier molecular flexibility index (Phi) is 4.47. The van der Waals surface area contributed by atoms with Crippen molar-refractivity contribution in [3.63, 3.8) is 0 Å². The highest BCUT2D eigenvalue weighted by atomic mass is 16.5. The number of ether oxygens (including phenoxy) is 1. The van der Waals surface area contributed by atoms with Crippen LogP contribution >= 0.6 is 0 Å². The van der Waals surface area contributed by atoms with Crippen LogP contribution in [-0.2, 0) is 6.54 Å². The average Bonchev–Trinajstić information content (AvgIpc) is 2.45. The van der Waals surface area contributed by atoms with Gasteiger partial charge in [-0.1, -0.05) is 0 Å². The molecule has 0 unspecified atom stereocenters. The maximum Gasteiger partial charge on any atom is 0.122 e. The van der Waals surface area contributed by atoms with Crippen molar-refractivity contribution in [2.24, 2.45) is 0 Å². The highest BCUT2D eigenvalue weighted by molar-refractivity contribution is 5.26. The minimum Gasteiger partial charge on any atom is -0.497 e. The van der Waals surface area contributed by atoms with Crippen molar-refractivity contribution in [3.8, 4) is 5.75 Å². The molecule has 0 saturated carbocycles. The summed E-state index contributed by atoms with van der Waals surface area (Å²) in [4.78, 5) is 8.52. The molecular weight excluding hydrogens is 238 g/mol. The Morgan fingerprint density at radius 3 is 2.68 bits per heavy atom. The molecule has 100 valence electrons. The molecule has 0 saturated heterocycles. The second-order valence-electron chi connectivity index (χ2n) is 4.52. The van der Waals surface area contributed by atoms with Gasteiger partial charge >= 0.3 is 0 Å². The first-order chi connectivity index (χ1) is 9.19. The third-order valence-corrected chi connectivity index (χ3v) is 3.01. The van der Waals surface area contributed by atoms with E-state index in [2.05, 4.69) is 22.2 Å². The van der Waals surface area contributed by atoms with E-state index in [9.17, 15) is 0 Å². The van der Waals surface area contributed by atoms with Crippen molar-refractivity contribution < 1.29 is 4.74 Å². The van der Waals surface area contributed by atoms with E-state index in [1.165, 1.54) is 5.56 Å². The maximum absolute atomic E-state index is 5.25. The van der Waals surface area contributed by atoms with Crippen LogP contribution in [0.2, 0.25) is 0 Å². The largest absolute Gasteiger partial charge is 0.497 e. The van der Waals surface area contributed by atoms with Gasteiger partial charge in [0, 0.05) is 42.8 Å². The first-order valence-electron chi connectivity index (χ1n) is 6.34. The number of hydrogen-bond donors (Lipinski definition) is 1. The van der Waals surface area contributed by atoms with Gasteiger partial charge < -0.3 is 10.1 Å². The highest BCUT2D eigenvalue weighted by Crippen LogP contribution is 2.15. The van der Waals surface area contributed by atoms with E-state index < -0.39 is 0 Å². The van der Waals surface area contributed by atoms with E-state index in [0.717, 1.165) is 17.1 Å². The van der Waals surface area contributed by atoms with Gasteiger partial charge in [-0.3, -0.25) is 9.97 Å². The maximum atomic E-state index is 5.25. The molecule has 2 rings (SSSR count). The molecule has 0 fully saturated rings. The fourth-order valence-electron chi connectivity index (χ4n) is 1.94. The lowest BCUT2D eigenvalue weighted by molar-refractivity contribution is 0.412. The van der Waals surface area contributed by atoms with Crippen molar-refractivity contribution in [2.45, 2.75) is 26.4 Å². The fraction of sp³-hybridized carbons (Fsp3) is 0.333. The van der Waals surface area contributed by atoms with E-state index in [4.69, 9.17) is 4.74 Å². The van der Waals surface area contributed by atoms with Crippen LogP contribution < -0.4 is 10.1 Å². The van der Waals surface area contributed by atoms with Crippen molar-refractivity contribution in [3.05, 3.63) is 53.6 Å². The molecule has 0 aliphatic rings. The lowest BCUT2D eigenvalue weighted by Crippen LogP contribution is -2.19. The molecule has 0 radical (unpaired) electrons. The number of nitrogens with one attached hydrogen (secondary N) is 1. The summed E-state index contributed by atoms with van der Waals surface area (Å²) in [6.45, 7) is 4.81. The second kappa shape index (κ2) is 6.29. The predicted octanol–water partition coefficient (Wildman–Crippen LogP) is 2.64. The quantitative estimate of drug-likeness (QED) is 0.894. The zero-order valence-corrected chi connectivity index (χ0v) is 11.6. The van der Waals surface area contributed by atoms with Crippen LogP contribution in [0.1, 0.15) is 29.9 Å². The van der Waals surface area contributed by atoms with Gasteiger partial charge in [-0.25, -0.2) is 0 Å². The lowest BCUT2D eigenvalue weighted by atomic mass is 10.1. The van der Waals surface area contributed by atoms with Gasteiger partial charge in [-0.2, -0.15) is 0 Å². The van der Waals surface area contributed by atoms with Crippen molar-refractivity contribution in [1.29, 1.82) is 0 Å². The molecule has 0 spiro atoms. The molecule has 2 aromatic rings. The Morgan fingerprint density at radius 2 is 2.00 bits per heavy atom. The molecule has 1 atom stereocenters. The molecule has 0 aromatic carbocycles. The SMILES string of the molecule is COc1cc(C)nc(CN[C@H](C)c2ccncc2)c1. The van der Waals surface area contributed by atoms with Crippen LogP contribution in [0, 0.1) is 6.92 Å². The van der Waals surface area contributed by atoms with Gasteiger partial charge in [-0.05, 0) is 31.5 Å². The normalized spacial score (nSPS) is 12.2. The Balaban J connectivity index is 2.01. The molecule has 4 nitrogen and oxygen atoms in total. The minimum atomic E-state index is 0.260. The summed E-state index contributed by atoms with van der Waals surface area (Å²) in [6.07, 6.45) is 3.61. The standard InChI is InChI=1S/C15H19N3O/c1-11-8-15(19-3)9-14(18-11)10-17-12(2)13-4-6-16-7-5-13/h4-9,12,17H,10H2,1-3H3/t12-/m1/s1. The van der Waals surface area contributed by atoms with Crippen molar-refractivity contribution in [1.82, 2.24) is 15.3 Å². The number of hydrogen-bond acceptors (Lipinski definition) is 4. The van der Waals surface area contributed by atoms with Gasteiger partial charge in [0.1, 0.15) is 5.75 Å². The van der Waals surface area contributed by atoms with E-state index in [1.54, 1.807) is 7.11 Å². The fourth-order valence-corrected chi connectivity index (χ4v) is 1.94. The third kappa shape index (κ3) is 3.76. The van der Waals surface area contributed by atoms with Crippen LogP contribution in [0.4, 0.5) is 0 Å². The summed E-state index contributed by atoms with van der Waals surface area (Å²) in [6, 6.07) is 8.18. The van der Waals surface area contributed by atoms with Crippen LogP contribution in [-0.4, -0.2) is 17.1 Å². The van der Waals surface area contributed by atoms with E-state index in [-0.39, 0.29) is 6.04 Å². The van der Waals surface area contributed by atoms with Crippen LogP contribution in [0.25, 0.3) is 0 Å². The Hall–Kier alpha value is -1.94. The lowest BCUT2D eigenvalue weighted by Gasteiger charge is -2.14. The number of aromatic nitrogens is 2. The van der Waals surface area contributed by atoms with E-state index in [0.29, 0.717) is 6.54 Å². The van der Waals surface area contributed by atoms with Gasteiger partial charge in [0.05, 0.1) is 12.8 Å². The van der Waals surface area contributed by atoms with Crippen molar-refractivity contribution >= 4 is 0 Å². The Morgan fingerprint density at radius 1 is 1.26 bits per heavy atom. The number of rotatable bonds is 5. The number of nitrogens with zero attached hydrogens (tertiary/aromatic N) is 2. The van der Waals surface area contributed by atoms with Crippen LogP contribution in [0.5, 0.6) is 5.75 Å². The summed E-state index contributed by atoms with van der Waals surface area (Å²) in [5.41, 5.74) is 3.17. The average molecular weight is 257 g/mol. The predicted molar refractivity (Wildman–Crippen MR) is 75.0 cm³/mol. The molecule has 0 aliphatic heterocycles. The molecule has 0 bridgehead atoms.